The van der Waals surface area contributed by atoms with Crippen molar-refractivity contribution < 1.29 is 4.74 Å². The lowest BCUT2D eigenvalue weighted by Gasteiger charge is -2.37. The third-order valence-electron chi connectivity index (χ3n) is 3.96. The third kappa shape index (κ3) is 6.75. The first-order valence-corrected chi connectivity index (χ1v) is 8.01. The monoisotopic (exact) mass is 257 g/mol. The average Bonchev–Trinajstić information content (AvgIpc) is 2.37. The van der Waals surface area contributed by atoms with E-state index in [1.165, 1.54) is 38.5 Å². The van der Waals surface area contributed by atoms with Gasteiger partial charge in [0, 0.05) is 12.6 Å². The van der Waals surface area contributed by atoms with Crippen LogP contribution in [0.3, 0.4) is 0 Å². The van der Waals surface area contributed by atoms with Crippen molar-refractivity contribution in [3.05, 3.63) is 0 Å². The molecular weight excluding hydrogens is 222 g/mol. The van der Waals surface area contributed by atoms with Crippen molar-refractivity contribution in [3.63, 3.8) is 0 Å². The van der Waals surface area contributed by atoms with Gasteiger partial charge >= 0.3 is 0 Å². The van der Waals surface area contributed by atoms with Crippen molar-refractivity contribution >= 4 is 0 Å². The van der Waals surface area contributed by atoms with Crippen LogP contribution in [0.4, 0.5) is 0 Å². The standard InChI is InChI=1S/C16H35NO/c1-6-10-11-12-13-14-15(17-8-3)16(5,7-2)18-9-4/h15,17H,6-14H2,1-5H3. The minimum atomic E-state index is -0.00445. The smallest absolute Gasteiger partial charge is 0.0803 e. The molecule has 0 amide bonds. The molecule has 2 nitrogen and oxygen atoms in total. The third-order valence-corrected chi connectivity index (χ3v) is 3.96. The Hall–Kier alpha value is -0.0800. The lowest BCUT2D eigenvalue weighted by atomic mass is 9.88. The number of ether oxygens (including phenoxy) is 1. The summed E-state index contributed by atoms with van der Waals surface area (Å²) in [4.78, 5) is 0. The van der Waals surface area contributed by atoms with Gasteiger partial charge in [-0.05, 0) is 33.2 Å². The van der Waals surface area contributed by atoms with E-state index in [9.17, 15) is 0 Å². The summed E-state index contributed by atoms with van der Waals surface area (Å²) in [6.07, 6.45) is 9.08. The van der Waals surface area contributed by atoms with Gasteiger partial charge in [-0.15, -0.1) is 0 Å². The van der Waals surface area contributed by atoms with E-state index in [0.29, 0.717) is 6.04 Å². The highest BCUT2D eigenvalue weighted by atomic mass is 16.5. The van der Waals surface area contributed by atoms with Crippen LogP contribution >= 0.6 is 0 Å². The van der Waals surface area contributed by atoms with E-state index in [1.54, 1.807) is 0 Å². The molecule has 0 fully saturated rings. The van der Waals surface area contributed by atoms with Crippen molar-refractivity contribution in [3.8, 4) is 0 Å². The molecule has 0 aliphatic heterocycles. The van der Waals surface area contributed by atoms with Crippen molar-refractivity contribution in [1.29, 1.82) is 0 Å². The number of hydrogen-bond acceptors (Lipinski definition) is 2. The fraction of sp³-hybridized carbons (Fsp3) is 1.00. The fourth-order valence-corrected chi connectivity index (χ4v) is 2.60. The molecule has 0 saturated heterocycles. The zero-order valence-corrected chi connectivity index (χ0v) is 13.3. The first-order valence-electron chi connectivity index (χ1n) is 8.01. The van der Waals surface area contributed by atoms with Gasteiger partial charge in [0.2, 0.25) is 0 Å². The predicted molar refractivity (Wildman–Crippen MR) is 81.2 cm³/mol. The van der Waals surface area contributed by atoms with E-state index >= 15 is 0 Å². The summed E-state index contributed by atoms with van der Waals surface area (Å²) in [6.45, 7) is 12.9. The maximum atomic E-state index is 6.01. The fourth-order valence-electron chi connectivity index (χ4n) is 2.60. The van der Waals surface area contributed by atoms with Crippen LogP contribution in [0.1, 0.15) is 79.6 Å². The van der Waals surface area contributed by atoms with Crippen LogP contribution in [0, 0.1) is 0 Å². The Balaban J connectivity index is 4.17. The van der Waals surface area contributed by atoms with Gasteiger partial charge in [0.25, 0.3) is 0 Å². The summed E-state index contributed by atoms with van der Waals surface area (Å²) in [7, 11) is 0. The molecule has 0 aromatic rings. The molecule has 0 aromatic carbocycles. The molecule has 0 aromatic heterocycles. The van der Waals surface area contributed by atoms with Gasteiger partial charge in [0.15, 0.2) is 0 Å². The van der Waals surface area contributed by atoms with Gasteiger partial charge in [0.1, 0.15) is 0 Å². The minimum Gasteiger partial charge on any atom is -0.374 e. The van der Waals surface area contributed by atoms with Crippen LogP contribution in [0.5, 0.6) is 0 Å². The van der Waals surface area contributed by atoms with Crippen LogP contribution in [-0.4, -0.2) is 24.8 Å². The number of nitrogens with one attached hydrogen (secondary N) is 1. The largest absolute Gasteiger partial charge is 0.374 e. The zero-order valence-electron chi connectivity index (χ0n) is 13.3. The molecule has 0 heterocycles. The van der Waals surface area contributed by atoms with Crippen LogP contribution in [0.15, 0.2) is 0 Å². The molecule has 0 aliphatic carbocycles. The Kier molecular flexibility index (Phi) is 10.8. The topological polar surface area (TPSA) is 21.3 Å². The molecule has 0 saturated carbocycles. The van der Waals surface area contributed by atoms with Crippen LogP contribution < -0.4 is 5.32 Å². The first kappa shape index (κ1) is 17.9. The van der Waals surface area contributed by atoms with Crippen molar-refractivity contribution in [1.82, 2.24) is 5.32 Å². The van der Waals surface area contributed by atoms with Gasteiger partial charge in [-0.1, -0.05) is 52.9 Å². The number of likely N-dealkylation sites (N-methyl/N-ethyl adjacent to an activating group) is 1. The lowest BCUT2D eigenvalue weighted by Crippen LogP contribution is -2.50. The molecule has 110 valence electrons. The van der Waals surface area contributed by atoms with E-state index in [0.717, 1.165) is 19.6 Å². The summed E-state index contributed by atoms with van der Waals surface area (Å²) in [5.74, 6) is 0. The highest BCUT2D eigenvalue weighted by molar-refractivity contribution is 4.88. The van der Waals surface area contributed by atoms with Gasteiger partial charge in [0.05, 0.1) is 5.60 Å². The first-order chi connectivity index (χ1) is 8.64. The number of unbranched alkanes of at least 4 members (excludes halogenated alkanes) is 4. The van der Waals surface area contributed by atoms with E-state index in [1.807, 2.05) is 0 Å². The Morgan fingerprint density at radius 1 is 1.00 bits per heavy atom. The van der Waals surface area contributed by atoms with E-state index < -0.39 is 0 Å². The zero-order chi connectivity index (χ0) is 13.9. The number of rotatable bonds is 12. The molecule has 2 atom stereocenters. The molecule has 2 unspecified atom stereocenters. The molecule has 0 bridgehead atoms. The molecule has 1 N–H and O–H groups in total. The molecule has 0 aliphatic rings. The van der Waals surface area contributed by atoms with Crippen LogP contribution in [-0.2, 0) is 4.74 Å². The van der Waals surface area contributed by atoms with Gasteiger partial charge in [-0.25, -0.2) is 0 Å². The summed E-state index contributed by atoms with van der Waals surface area (Å²) in [5, 5.41) is 3.62. The summed E-state index contributed by atoms with van der Waals surface area (Å²) in [6, 6.07) is 0.495. The Labute approximate surface area is 115 Å². The molecule has 2 heteroatoms. The number of hydrogen-bond donors (Lipinski definition) is 1. The molecular formula is C16H35NO. The van der Waals surface area contributed by atoms with E-state index in [2.05, 4.69) is 39.9 Å². The van der Waals surface area contributed by atoms with Crippen LogP contribution in [0.25, 0.3) is 0 Å². The lowest BCUT2D eigenvalue weighted by molar-refractivity contribution is -0.0571. The maximum Gasteiger partial charge on any atom is 0.0803 e. The van der Waals surface area contributed by atoms with Gasteiger partial charge < -0.3 is 10.1 Å². The van der Waals surface area contributed by atoms with Crippen molar-refractivity contribution in [2.45, 2.75) is 91.2 Å². The second kappa shape index (κ2) is 10.8. The minimum absolute atomic E-state index is 0.00445. The van der Waals surface area contributed by atoms with E-state index in [4.69, 9.17) is 4.74 Å². The molecule has 0 radical (unpaired) electrons. The highest BCUT2D eigenvalue weighted by Gasteiger charge is 2.31. The second-order valence-corrected chi connectivity index (χ2v) is 5.41. The Morgan fingerprint density at radius 3 is 2.17 bits per heavy atom. The van der Waals surface area contributed by atoms with Crippen LogP contribution in [0.2, 0.25) is 0 Å². The maximum absolute atomic E-state index is 6.01. The SMILES string of the molecule is CCCCCCCC(NCC)C(C)(CC)OCC. The highest BCUT2D eigenvalue weighted by Crippen LogP contribution is 2.24. The Bertz CT molecular complexity index is 184. The summed E-state index contributed by atoms with van der Waals surface area (Å²) in [5.41, 5.74) is -0.00445. The predicted octanol–water partition coefficient (Wildman–Crippen LogP) is 4.53. The molecule has 18 heavy (non-hydrogen) atoms. The van der Waals surface area contributed by atoms with E-state index in [-0.39, 0.29) is 5.60 Å². The summed E-state index contributed by atoms with van der Waals surface area (Å²) < 4.78 is 6.01. The quantitative estimate of drug-likeness (QED) is 0.519. The Morgan fingerprint density at radius 2 is 1.67 bits per heavy atom. The molecule has 0 rings (SSSR count). The average molecular weight is 257 g/mol. The normalized spacial score (nSPS) is 16.5. The summed E-state index contributed by atoms with van der Waals surface area (Å²) >= 11 is 0. The van der Waals surface area contributed by atoms with Crippen molar-refractivity contribution in [2.24, 2.45) is 0 Å². The molecule has 0 spiro atoms. The van der Waals surface area contributed by atoms with Gasteiger partial charge in [-0.2, -0.15) is 0 Å². The van der Waals surface area contributed by atoms with Gasteiger partial charge in [-0.3, -0.25) is 0 Å². The van der Waals surface area contributed by atoms with Crippen molar-refractivity contribution in [2.75, 3.05) is 13.2 Å². The second-order valence-electron chi connectivity index (χ2n) is 5.41.